The molecule has 1 aliphatic carbocycles. The minimum Gasteiger partial charge on any atom is -0.382 e. The predicted molar refractivity (Wildman–Crippen MR) is 90.1 cm³/mol. The monoisotopic (exact) mass is 384 g/mol. The lowest BCUT2D eigenvalue weighted by Crippen LogP contribution is -2.32. The van der Waals surface area contributed by atoms with Gasteiger partial charge in [-0.15, -0.1) is 11.3 Å². The van der Waals surface area contributed by atoms with Crippen molar-refractivity contribution in [3.8, 4) is 16.9 Å². The topological polar surface area (TPSA) is 38.1 Å². The van der Waals surface area contributed by atoms with Gasteiger partial charge < -0.3 is 9.67 Å². The van der Waals surface area contributed by atoms with Gasteiger partial charge in [0, 0.05) is 45.5 Å². The zero-order valence-corrected chi connectivity index (χ0v) is 14.3. The number of aliphatic hydroxyl groups is 1. The van der Waals surface area contributed by atoms with Gasteiger partial charge in [0.15, 0.2) is 0 Å². The van der Waals surface area contributed by atoms with Gasteiger partial charge in [0.1, 0.15) is 11.9 Å². The van der Waals surface area contributed by atoms with Gasteiger partial charge in [-0.3, -0.25) is 0 Å². The van der Waals surface area contributed by atoms with Crippen LogP contribution in [0.4, 0.5) is 13.2 Å². The molecular weight excluding hydrogens is 373 g/mol. The SMILES string of the molecule is OC1c2c(-c3cscn3)cn(-c3cc(F)cc(Cl)c3)c2CCC1(F)F. The molecule has 0 fully saturated rings. The number of rotatable bonds is 2. The zero-order chi connectivity index (χ0) is 17.8. The van der Waals surface area contributed by atoms with E-state index in [4.69, 9.17) is 11.6 Å². The number of thiazole rings is 1. The van der Waals surface area contributed by atoms with Gasteiger partial charge in [0.25, 0.3) is 5.92 Å². The molecule has 1 atom stereocenters. The average molecular weight is 385 g/mol. The van der Waals surface area contributed by atoms with Gasteiger partial charge >= 0.3 is 0 Å². The first-order valence-electron chi connectivity index (χ1n) is 7.52. The third-order valence-electron chi connectivity index (χ3n) is 4.35. The van der Waals surface area contributed by atoms with Gasteiger partial charge in [0.2, 0.25) is 0 Å². The molecule has 0 saturated heterocycles. The summed E-state index contributed by atoms with van der Waals surface area (Å²) in [4.78, 5) is 4.17. The quantitative estimate of drug-likeness (QED) is 0.674. The van der Waals surface area contributed by atoms with E-state index < -0.39 is 24.3 Å². The highest BCUT2D eigenvalue weighted by Crippen LogP contribution is 2.47. The largest absolute Gasteiger partial charge is 0.382 e. The van der Waals surface area contributed by atoms with E-state index in [2.05, 4.69) is 4.98 Å². The van der Waals surface area contributed by atoms with Crippen LogP contribution < -0.4 is 0 Å². The first kappa shape index (κ1) is 16.6. The van der Waals surface area contributed by atoms with Gasteiger partial charge in [-0.2, -0.15) is 0 Å². The summed E-state index contributed by atoms with van der Waals surface area (Å²) in [6.45, 7) is 0. The van der Waals surface area contributed by atoms with Crippen LogP contribution in [0.25, 0.3) is 16.9 Å². The number of benzene rings is 1. The van der Waals surface area contributed by atoms with Crippen LogP contribution in [0.3, 0.4) is 0 Å². The summed E-state index contributed by atoms with van der Waals surface area (Å²) in [5.74, 6) is -3.74. The summed E-state index contributed by atoms with van der Waals surface area (Å²) in [5, 5.41) is 12.2. The van der Waals surface area contributed by atoms with E-state index in [9.17, 15) is 18.3 Å². The number of fused-ring (bicyclic) bond motifs is 1. The molecule has 2 aromatic heterocycles. The molecule has 1 aliphatic rings. The lowest BCUT2D eigenvalue weighted by Gasteiger charge is -2.29. The van der Waals surface area contributed by atoms with E-state index in [0.29, 0.717) is 22.6 Å². The van der Waals surface area contributed by atoms with E-state index in [0.717, 1.165) is 0 Å². The van der Waals surface area contributed by atoms with E-state index in [-0.39, 0.29) is 17.0 Å². The normalized spacial score (nSPS) is 19.0. The Kier molecular flexibility index (Phi) is 3.90. The first-order valence-corrected chi connectivity index (χ1v) is 8.84. The van der Waals surface area contributed by atoms with Gasteiger partial charge in [-0.05, 0) is 24.6 Å². The second kappa shape index (κ2) is 5.86. The smallest absolute Gasteiger partial charge is 0.278 e. The Morgan fingerprint density at radius 2 is 2.12 bits per heavy atom. The molecule has 25 heavy (non-hydrogen) atoms. The Morgan fingerprint density at radius 3 is 2.80 bits per heavy atom. The molecule has 0 radical (unpaired) electrons. The summed E-state index contributed by atoms with van der Waals surface area (Å²) < 4.78 is 43.5. The molecule has 4 rings (SSSR count). The molecule has 2 heterocycles. The molecule has 1 aromatic carbocycles. The predicted octanol–water partition coefficient (Wildman–Crippen LogP) is 5.01. The maximum Gasteiger partial charge on any atom is 0.278 e. The maximum absolute atomic E-state index is 14.1. The van der Waals surface area contributed by atoms with Crippen molar-refractivity contribution in [3.63, 3.8) is 0 Å². The molecule has 1 unspecified atom stereocenters. The van der Waals surface area contributed by atoms with Crippen LogP contribution in [0.15, 0.2) is 35.3 Å². The van der Waals surface area contributed by atoms with E-state index in [1.54, 1.807) is 27.7 Å². The summed E-state index contributed by atoms with van der Waals surface area (Å²) in [5.41, 5.74) is 3.58. The van der Waals surface area contributed by atoms with Crippen molar-refractivity contribution in [1.29, 1.82) is 0 Å². The number of aromatic nitrogens is 2. The van der Waals surface area contributed by atoms with Crippen LogP contribution >= 0.6 is 22.9 Å². The summed E-state index contributed by atoms with van der Waals surface area (Å²) >= 11 is 7.26. The highest BCUT2D eigenvalue weighted by atomic mass is 35.5. The van der Waals surface area contributed by atoms with Gasteiger partial charge in [-0.1, -0.05) is 11.6 Å². The fraction of sp³-hybridized carbons (Fsp3) is 0.235. The van der Waals surface area contributed by atoms with Crippen LogP contribution in [0.1, 0.15) is 23.8 Å². The minimum absolute atomic E-state index is 0.0532. The molecule has 0 aliphatic heterocycles. The van der Waals surface area contributed by atoms with Crippen molar-refractivity contribution < 1.29 is 18.3 Å². The van der Waals surface area contributed by atoms with Crippen molar-refractivity contribution in [2.75, 3.05) is 0 Å². The highest BCUT2D eigenvalue weighted by Gasteiger charge is 2.46. The third-order valence-corrected chi connectivity index (χ3v) is 5.16. The Balaban J connectivity index is 1.97. The van der Waals surface area contributed by atoms with Crippen LogP contribution in [0.2, 0.25) is 5.02 Å². The fourth-order valence-corrected chi connectivity index (χ4v) is 3.98. The van der Waals surface area contributed by atoms with Crippen LogP contribution in [0, 0.1) is 5.82 Å². The van der Waals surface area contributed by atoms with E-state index >= 15 is 0 Å². The molecule has 130 valence electrons. The summed E-state index contributed by atoms with van der Waals surface area (Å²) in [7, 11) is 0. The van der Waals surface area contributed by atoms with Crippen LogP contribution in [0.5, 0.6) is 0 Å². The van der Waals surface area contributed by atoms with Gasteiger partial charge in [0.05, 0.1) is 11.2 Å². The van der Waals surface area contributed by atoms with Crippen molar-refractivity contribution in [2.45, 2.75) is 24.9 Å². The van der Waals surface area contributed by atoms with Crippen molar-refractivity contribution in [3.05, 3.63) is 57.4 Å². The molecule has 3 aromatic rings. The molecular formula is C17H12ClF3N2OS. The molecule has 0 spiro atoms. The number of aliphatic hydroxyl groups excluding tert-OH is 1. The number of alkyl halides is 2. The van der Waals surface area contributed by atoms with Crippen molar-refractivity contribution in [1.82, 2.24) is 9.55 Å². The van der Waals surface area contributed by atoms with Crippen LogP contribution in [-0.2, 0) is 6.42 Å². The van der Waals surface area contributed by atoms with Crippen molar-refractivity contribution >= 4 is 22.9 Å². The molecule has 0 saturated carbocycles. The Hall–Kier alpha value is -1.83. The van der Waals surface area contributed by atoms with Crippen molar-refractivity contribution in [2.24, 2.45) is 0 Å². The standard InChI is InChI=1S/C17H12ClF3N2OS/c18-9-3-10(19)5-11(4-9)23-6-12(13-7-25-8-22-13)15-14(23)1-2-17(20,21)16(15)24/h3-8,16,24H,1-2H2. The average Bonchev–Trinajstić information content (AvgIpc) is 3.17. The molecule has 3 nitrogen and oxygen atoms in total. The molecule has 0 amide bonds. The number of hydrogen-bond acceptors (Lipinski definition) is 3. The third kappa shape index (κ3) is 2.76. The molecule has 0 bridgehead atoms. The lowest BCUT2D eigenvalue weighted by atomic mass is 9.88. The second-order valence-electron chi connectivity index (χ2n) is 5.94. The Bertz CT molecular complexity index is 920. The highest BCUT2D eigenvalue weighted by molar-refractivity contribution is 7.07. The minimum atomic E-state index is -3.22. The summed E-state index contributed by atoms with van der Waals surface area (Å²) in [6.07, 6.45) is -0.754. The second-order valence-corrected chi connectivity index (χ2v) is 7.09. The summed E-state index contributed by atoms with van der Waals surface area (Å²) in [6, 6.07) is 4.00. The zero-order valence-electron chi connectivity index (χ0n) is 12.7. The van der Waals surface area contributed by atoms with E-state index in [1.165, 1.54) is 23.5 Å². The Morgan fingerprint density at radius 1 is 1.32 bits per heavy atom. The van der Waals surface area contributed by atoms with Gasteiger partial charge in [-0.25, -0.2) is 18.2 Å². The number of nitrogens with zero attached hydrogens (tertiary/aromatic N) is 2. The molecule has 8 heteroatoms. The lowest BCUT2D eigenvalue weighted by molar-refractivity contribution is -0.121. The molecule has 1 N–H and O–H groups in total. The van der Waals surface area contributed by atoms with E-state index in [1.807, 2.05) is 0 Å². The number of halogens is 4. The maximum atomic E-state index is 14.1. The first-order chi connectivity index (χ1) is 11.9. The Labute approximate surface area is 150 Å². The van der Waals surface area contributed by atoms with Crippen LogP contribution in [-0.4, -0.2) is 20.6 Å². The fourth-order valence-electron chi connectivity index (χ4n) is 3.21. The number of hydrogen-bond donors (Lipinski definition) is 1.